The smallest absolute Gasteiger partial charge is 0.339 e. The Hall–Kier alpha value is -0.920. The van der Waals surface area contributed by atoms with Gasteiger partial charge in [-0.2, -0.15) is 0 Å². The van der Waals surface area contributed by atoms with Crippen molar-refractivity contribution in [2.45, 2.75) is 0 Å². The fraction of sp³-hybridized carbons (Fsp3) is 0. The highest BCUT2D eigenvalue weighted by atomic mass is 79.9. The molecule has 0 bridgehead atoms. The fourth-order valence-electron chi connectivity index (χ4n) is 1.34. The summed E-state index contributed by atoms with van der Waals surface area (Å²) in [5, 5.41) is 9.11. The zero-order valence-electron chi connectivity index (χ0n) is 9.23. The number of ether oxygens (including phenoxy) is 1. The van der Waals surface area contributed by atoms with Crippen LogP contribution in [0, 0.1) is 0 Å². The van der Waals surface area contributed by atoms with Gasteiger partial charge in [0.2, 0.25) is 5.88 Å². The van der Waals surface area contributed by atoms with Crippen LogP contribution in [0.25, 0.3) is 0 Å². The molecule has 1 N–H and O–H groups in total. The maximum absolute atomic E-state index is 11.1. The number of carbonyl (C=O) groups is 1. The van der Waals surface area contributed by atoms with Gasteiger partial charge in [0.05, 0.1) is 4.47 Å². The number of pyridine rings is 1. The first-order valence-electron chi connectivity index (χ1n) is 4.99. The van der Waals surface area contributed by atoms with E-state index in [0.29, 0.717) is 10.4 Å². The van der Waals surface area contributed by atoms with Crippen molar-refractivity contribution in [1.29, 1.82) is 0 Å². The lowest BCUT2D eigenvalue weighted by Gasteiger charge is -2.09. The predicted octanol–water partition coefficient (Wildman–Crippen LogP) is 4.86. The van der Waals surface area contributed by atoms with E-state index in [1.54, 1.807) is 24.4 Å². The summed E-state index contributed by atoms with van der Waals surface area (Å²) in [6.45, 7) is 0. The number of hydrogen-bond donors (Lipinski definition) is 1. The maximum atomic E-state index is 11.1. The molecule has 0 saturated heterocycles. The molecule has 7 heteroatoms. The van der Waals surface area contributed by atoms with Crippen molar-refractivity contribution in [3.8, 4) is 11.6 Å². The van der Waals surface area contributed by atoms with Crippen LogP contribution in [0.1, 0.15) is 10.4 Å². The topological polar surface area (TPSA) is 59.4 Å². The number of benzene rings is 1. The van der Waals surface area contributed by atoms with E-state index in [1.165, 1.54) is 6.07 Å². The van der Waals surface area contributed by atoms with Crippen LogP contribution in [-0.2, 0) is 0 Å². The second-order valence-electron chi connectivity index (χ2n) is 3.49. The minimum absolute atomic E-state index is 0.0693. The molecule has 0 aliphatic carbocycles. The number of carboxylic acid groups (broad SMARTS) is 1. The summed E-state index contributed by atoms with van der Waals surface area (Å²) in [4.78, 5) is 15.2. The molecule has 0 saturated carbocycles. The third-order valence-corrected chi connectivity index (χ3v) is 3.65. The van der Waals surface area contributed by atoms with Gasteiger partial charge >= 0.3 is 5.97 Å². The van der Waals surface area contributed by atoms with E-state index in [-0.39, 0.29) is 11.3 Å². The predicted molar refractivity (Wildman–Crippen MR) is 80.8 cm³/mol. The molecule has 1 aromatic carbocycles. The molecule has 1 aromatic heterocycles. The van der Waals surface area contributed by atoms with Crippen molar-refractivity contribution in [2.24, 2.45) is 0 Å². The average Bonchev–Trinajstić information content (AvgIpc) is 2.32. The van der Waals surface area contributed by atoms with Gasteiger partial charge in [0.25, 0.3) is 0 Å². The van der Waals surface area contributed by atoms with Crippen molar-refractivity contribution in [3.63, 3.8) is 0 Å². The van der Waals surface area contributed by atoms with Crippen LogP contribution in [0.2, 0.25) is 0 Å². The van der Waals surface area contributed by atoms with E-state index >= 15 is 0 Å². The maximum Gasteiger partial charge on any atom is 0.339 e. The third-order valence-electron chi connectivity index (χ3n) is 2.15. The standard InChI is InChI=1S/C12H6Br3NO3/c13-6-1-2-8(12(17)18)10(4-6)19-11-9(15)3-7(14)5-16-11/h1-5H,(H,17,18). The first-order valence-corrected chi connectivity index (χ1v) is 7.37. The van der Waals surface area contributed by atoms with Gasteiger partial charge in [-0.15, -0.1) is 0 Å². The lowest BCUT2D eigenvalue weighted by molar-refractivity contribution is 0.0694. The third kappa shape index (κ3) is 3.55. The summed E-state index contributed by atoms with van der Waals surface area (Å²) in [5.41, 5.74) is 0.0693. The molecular formula is C12H6Br3NO3. The molecule has 98 valence electrons. The van der Waals surface area contributed by atoms with E-state index in [2.05, 4.69) is 52.8 Å². The number of halogens is 3. The summed E-state index contributed by atoms with van der Waals surface area (Å²) < 4.78 is 7.69. The van der Waals surface area contributed by atoms with Gasteiger partial charge in [0, 0.05) is 15.1 Å². The molecule has 0 atom stereocenters. The zero-order chi connectivity index (χ0) is 14.0. The van der Waals surface area contributed by atoms with Crippen LogP contribution in [0.3, 0.4) is 0 Å². The molecule has 1 heterocycles. The molecule has 0 amide bonds. The Balaban J connectivity index is 2.42. The number of aromatic carboxylic acids is 1. The summed E-state index contributed by atoms with van der Waals surface area (Å²) in [6.07, 6.45) is 1.57. The number of nitrogens with zero attached hydrogens (tertiary/aromatic N) is 1. The van der Waals surface area contributed by atoms with Crippen molar-refractivity contribution < 1.29 is 14.6 Å². The average molecular weight is 452 g/mol. The Morgan fingerprint density at radius 2 is 1.89 bits per heavy atom. The number of hydrogen-bond acceptors (Lipinski definition) is 3. The molecule has 0 spiro atoms. The van der Waals surface area contributed by atoms with Crippen molar-refractivity contribution in [2.75, 3.05) is 0 Å². The van der Waals surface area contributed by atoms with Gasteiger partial charge in [-0.05, 0) is 56.1 Å². The molecule has 0 aliphatic rings. The van der Waals surface area contributed by atoms with E-state index in [1.807, 2.05) is 0 Å². The van der Waals surface area contributed by atoms with Gasteiger partial charge in [0.1, 0.15) is 11.3 Å². The lowest BCUT2D eigenvalue weighted by atomic mass is 10.2. The summed E-state index contributed by atoms with van der Waals surface area (Å²) in [7, 11) is 0. The normalized spacial score (nSPS) is 10.3. The zero-order valence-corrected chi connectivity index (χ0v) is 14.0. The number of carboxylic acids is 1. The molecule has 0 unspecified atom stereocenters. The van der Waals surface area contributed by atoms with Crippen molar-refractivity contribution in [3.05, 3.63) is 49.4 Å². The molecule has 0 aliphatic heterocycles. The molecule has 4 nitrogen and oxygen atoms in total. The monoisotopic (exact) mass is 449 g/mol. The Labute approximate surface area is 134 Å². The highest BCUT2D eigenvalue weighted by Gasteiger charge is 2.14. The fourth-order valence-corrected chi connectivity index (χ4v) is 2.75. The van der Waals surface area contributed by atoms with Gasteiger partial charge in [0.15, 0.2) is 0 Å². The Kier molecular flexibility index (Phi) is 4.59. The Morgan fingerprint density at radius 3 is 2.53 bits per heavy atom. The first-order chi connectivity index (χ1) is 8.97. The molecule has 2 rings (SSSR count). The minimum Gasteiger partial charge on any atom is -0.478 e. The van der Waals surface area contributed by atoms with Gasteiger partial charge in [-0.1, -0.05) is 15.9 Å². The van der Waals surface area contributed by atoms with Crippen LogP contribution in [0.15, 0.2) is 43.9 Å². The molecule has 19 heavy (non-hydrogen) atoms. The first kappa shape index (κ1) is 14.5. The van der Waals surface area contributed by atoms with Crippen LogP contribution in [0.5, 0.6) is 11.6 Å². The molecule has 0 fully saturated rings. The van der Waals surface area contributed by atoms with E-state index < -0.39 is 5.97 Å². The SMILES string of the molecule is O=C(O)c1ccc(Br)cc1Oc1ncc(Br)cc1Br. The highest BCUT2D eigenvalue weighted by molar-refractivity contribution is 9.11. The largest absolute Gasteiger partial charge is 0.478 e. The Morgan fingerprint density at radius 1 is 1.16 bits per heavy atom. The van der Waals surface area contributed by atoms with Gasteiger partial charge in [-0.3, -0.25) is 0 Å². The van der Waals surface area contributed by atoms with E-state index in [9.17, 15) is 4.79 Å². The van der Waals surface area contributed by atoms with Crippen LogP contribution >= 0.6 is 47.8 Å². The quantitative estimate of drug-likeness (QED) is 0.724. The van der Waals surface area contributed by atoms with Gasteiger partial charge < -0.3 is 9.84 Å². The lowest BCUT2D eigenvalue weighted by Crippen LogP contribution is -2.00. The highest BCUT2D eigenvalue weighted by Crippen LogP contribution is 2.32. The second kappa shape index (κ2) is 6.02. The van der Waals surface area contributed by atoms with Crippen LogP contribution in [-0.4, -0.2) is 16.1 Å². The summed E-state index contributed by atoms with van der Waals surface area (Å²) in [5.74, 6) is -0.545. The van der Waals surface area contributed by atoms with E-state index in [4.69, 9.17) is 9.84 Å². The van der Waals surface area contributed by atoms with Crippen molar-refractivity contribution in [1.82, 2.24) is 4.98 Å². The van der Waals surface area contributed by atoms with E-state index in [0.717, 1.165) is 8.95 Å². The minimum atomic E-state index is -1.06. The summed E-state index contributed by atoms with van der Waals surface area (Å²) in [6, 6.07) is 6.45. The van der Waals surface area contributed by atoms with Gasteiger partial charge in [-0.25, -0.2) is 9.78 Å². The van der Waals surface area contributed by atoms with Crippen LogP contribution < -0.4 is 4.74 Å². The molecule has 2 aromatic rings. The van der Waals surface area contributed by atoms with Crippen LogP contribution in [0.4, 0.5) is 0 Å². The number of rotatable bonds is 3. The number of aromatic nitrogens is 1. The summed E-state index contributed by atoms with van der Waals surface area (Å²) >= 11 is 9.87. The molecule has 0 radical (unpaired) electrons. The second-order valence-corrected chi connectivity index (χ2v) is 6.17. The molecular weight excluding hydrogens is 446 g/mol. The van der Waals surface area contributed by atoms with Crippen molar-refractivity contribution >= 4 is 53.8 Å². The Bertz CT molecular complexity index is 646.